The summed E-state index contributed by atoms with van der Waals surface area (Å²) in [7, 11) is 2.08. The number of hydrogen-bond donors (Lipinski definition) is 1. The normalized spacial score (nSPS) is 16.4. The zero-order valence-electron chi connectivity index (χ0n) is 11.8. The van der Waals surface area contributed by atoms with Gasteiger partial charge in [-0.05, 0) is 12.1 Å². The van der Waals surface area contributed by atoms with E-state index in [1.807, 2.05) is 12.1 Å². The minimum Gasteiger partial charge on any atom is -0.358 e. The molecule has 0 bridgehead atoms. The second-order valence-electron chi connectivity index (χ2n) is 5.08. The summed E-state index contributed by atoms with van der Waals surface area (Å²) in [5.74, 6) is 0.952. The van der Waals surface area contributed by atoms with Crippen LogP contribution < -0.4 is 10.2 Å². The maximum atomic E-state index is 4.56. The molecule has 0 unspecified atom stereocenters. The van der Waals surface area contributed by atoms with Crippen LogP contribution in [-0.2, 0) is 0 Å². The Labute approximate surface area is 118 Å². The van der Waals surface area contributed by atoms with E-state index in [4.69, 9.17) is 0 Å². The number of fused-ring (bicyclic) bond motifs is 1. The Morgan fingerprint density at radius 2 is 2.00 bits per heavy atom. The van der Waals surface area contributed by atoms with Crippen LogP contribution in [0.4, 0.5) is 5.82 Å². The summed E-state index contributed by atoms with van der Waals surface area (Å²) in [6.45, 7) is 6.48. The van der Waals surface area contributed by atoms with Gasteiger partial charge in [0.2, 0.25) is 0 Å². The molecule has 2 aromatic rings. The van der Waals surface area contributed by atoms with Gasteiger partial charge in [-0.3, -0.25) is 9.88 Å². The molecule has 0 radical (unpaired) electrons. The van der Waals surface area contributed by atoms with Crippen LogP contribution >= 0.6 is 0 Å². The van der Waals surface area contributed by atoms with Gasteiger partial charge in [0.15, 0.2) is 5.65 Å². The van der Waals surface area contributed by atoms with E-state index in [2.05, 4.69) is 37.1 Å². The number of likely N-dealkylation sites (N-methyl/N-ethyl adjacent to an activating group) is 1. The minimum atomic E-state index is 0.707. The molecule has 1 aliphatic heterocycles. The molecular formula is C14H20N6. The van der Waals surface area contributed by atoms with Gasteiger partial charge in [0.05, 0.1) is 0 Å². The van der Waals surface area contributed by atoms with Crippen LogP contribution in [0.2, 0.25) is 0 Å². The molecule has 1 saturated heterocycles. The molecule has 0 aliphatic carbocycles. The summed E-state index contributed by atoms with van der Waals surface area (Å²) in [5, 5.41) is 3.37. The molecule has 20 heavy (non-hydrogen) atoms. The van der Waals surface area contributed by atoms with Crippen LogP contribution in [0, 0.1) is 0 Å². The predicted molar refractivity (Wildman–Crippen MR) is 79.9 cm³/mol. The third kappa shape index (κ3) is 3.02. The molecule has 106 valence electrons. The van der Waals surface area contributed by atoms with Crippen molar-refractivity contribution in [2.24, 2.45) is 0 Å². The van der Waals surface area contributed by atoms with Gasteiger partial charge in [0.1, 0.15) is 11.3 Å². The van der Waals surface area contributed by atoms with Crippen LogP contribution in [0.3, 0.4) is 0 Å². The maximum absolute atomic E-state index is 4.56. The molecule has 1 fully saturated rings. The van der Waals surface area contributed by atoms with Gasteiger partial charge in [-0.25, -0.2) is 9.97 Å². The Morgan fingerprint density at radius 1 is 1.20 bits per heavy atom. The molecule has 6 heteroatoms. The Bertz CT molecular complexity index is 566. The number of rotatable bonds is 4. The van der Waals surface area contributed by atoms with Gasteiger partial charge >= 0.3 is 0 Å². The highest BCUT2D eigenvalue weighted by Gasteiger charge is 2.11. The van der Waals surface area contributed by atoms with Crippen LogP contribution in [0.1, 0.15) is 0 Å². The smallest absolute Gasteiger partial charge is 0.180 e. The van der Waals surface area contributed by atoms with E-state index in [1.165, 1.54) is 0 Å². The molecule has 0 amide bonds. The first-order chi connectivity index (χ1) is 9.83. The van der Waals surface area contributed by atoms with E-state index in [0.29, 0.717) is 5.65 Å². The standard InChI is InChI=1S/C14H20N6/c1-19(10-11-20-8-6-15-7-9-20)13-3-2-12-14(18-13)17-5-4-16-12/h2-5,15H,6-11H2,1H3. The summed E-state index contributed by atoms with van der Waals surface area (Å²) in [6, 6.07) is 3.99. The highest BCUT2D eigenvalue weighted by atomic mass is 15.2. The lowest BCUT2D eigenvalue weighted by molar-refractivity contribution is 0.246. The fourth-order valence-corrected chi connectivity index (χ4v) is 2.40. The number of piperazine rings is 1. The molecule has 3 heterocycles. The molecule has 3 rings (SSSR count). The van der Waals surface area contributed by atoms with Crippen LogP contribution in [-0.4, -0.2) is 66.2 Å². The van der Waals surface area contributed by atoms with E-state index in [1.54, 1.807) is 12.4 Å². The summed E-state index contributed by atoms with van der Waals surface area (Å²) >= 11 is 0. The quantitative estimate of drug-likeness (QED) is 0.867. The van der Waals surface area contributed by atoms with E-state index in [-0.39, 0.29) is 0 Å². The lowest BCUT2D eigenvalue weighted by Crippen LogP contribution is -2.46. The lowest BCUT2D eigenvalue weighted by atomic mass is 10.3. The monoisotopic (exact) mass is 272 g/mol. The van der Waals surface area contributed by atoms with Crippen molar-refractivity contribution in [2.45, 2.75) is 0 Å². The highest BCUT2D eigenvalue weighted by Crippen LogP contribution is 2.13. The van der Waals surface area contributed by atoms with Gasteiger partial charge in [-0.15, -0.1) is 0 Å². The molecule has 2 aromatic heterocycles. The number of pyridine rings is 1. The second kappa shape index (κ2) is 6.11. The molecule has 0 saturated carbocycles. The van der Waals surface area contributed by atoms with Crippen molar-refractivity contribution in [3.63, 3.8) is 0 Å². The fourth-order valence-electron chi connectivity index (χ4n) is 2.40. The van der Waals surface area contributed by atoms with Gasteiger partial charge in [-0.1, -0.05) is 0 Å². The number of hydrogen-bond acceptors (Lipinski definition) is 6. The molecule has 0 spiro atoms. The van der Waals surface area contributed by atoms with E-state index >= 15 is 0 Å². The lowest BCUT2D eigenvalue weighted by Gasteiger charge is -2.29. The topological polar surface area (TPSA) is 57.2 Å². The number of anilines is 1. The maximum Gasteiger partial charge on any atom is 0.180 e. The van der Waals surface area contributed by atoms with Gasteiger partial charge < -0.3 is 10.2 Å². The summed E-state index contributed by atoms with van der Waals surface area (Å²) in [6.07, 6.45) is 3.37. The van der Waals surface area contributed by atoms with Crippen LogP contribution in [0.25, 0.3) is 11.2 Å². The molecule has 1 aliphatic rings. The molecule has 1 N–H and O–H groups in total. The van der Waals surface area contributed by atoms with Crippen LogP contribution in [0.15, 0.2) is 24.5 Å². The molecule has 0 aromatic carbocycles. The molecular weight excluding hydrogens is 252 g/mol. The predicted octanol–water partition coefficient (Wildman–Crippen LogP) is 0.366. The second-order valence-corrected chi connectivity index (χ2v) is 5.08. The summed E-state index contributed by atoms with van der Waals surface area (Å²) in [5.41, 5.74) is 1.55. The van der Waals surface area contributed by atoms with E-state index in [9.17, 15) is 0 Å². The number of nitrogens with zero attached hydrogens (tertiary/aromatic N) is 5. The minimum absolute atomic E-state index is 0.707. The average molecular weight is 272 g/mol. The third-order valence-electron chi connectivity index (χ3n) is 3.67. The van der Waals surface area contributed by atoms with Gasteiger partial charge in [0.25, 0.3) is 0 Å². The van der Waals surface area contributed by atoms with Crippen molar-refractivity contribution in [1.29, 1.82) is 0 Å². The average Bonchev–Trinajstić information content (AvgIpc) is 2.53. The Morgan fingerprint density at radius 3 is 2.85 bits per heavy atom. The Kier molecular flexibility index (Phi) is 4.03. The summed E-state index contributed by atoms with van der Waals surface area (Å²) < 4.78 is 0. The fraction of sp³-hybridized carbons (Fsp3) is 0.500. The van der Waals surface area contributed by atoms with Crippen molar-refractivity contribution in [3.05, 3.63) is 24.5 Å². The Balaban J connectivity index is 1.64. The van der Waals surface area contributed by atoms with E-state index in [0.717, 1.165) is 50.6 Å². The first kappa shape index (κ1) is 13.2. The number of nitrogens with one attached hydrogen (secondary N) is 1. The van der Waals surface area contributed by atoms with Crippen molar-refractivity contribution in [2.75, 3.05) is 51.2 Å². The Hall–Kier alpha value is -1.79. The first-order valence-corrected chi connectivity index (χ1v) is 7.05. The SMILES string of the molecule is CN(CCN1CCNCC1)c1ccc2nccnc2n1. The number of aromatic nitrogens is 3. The van der Waals surface area contributed by atoms with Crippen molar-refractivity contribution in [3.8, 4) is 0 Å². The molecule has 0 atom stereocenters. The van der Waals surface area contributed by atoms with Crippen molar-refractivity contribution >= 4 is 17.0 Å². The van der Waals surface area contributed by atoms with Crippen molar-refractivity contribution < 1.29 is 0 Å². The molecule has 6 nitrogen and oxygen atoms in total. The largest absolute Gasteiger partial charge is 0.358 e. The zero-order valence-corrected chi connectivity index (χ0v) is 11.8. The third-order valence-corrected chi connectivity index (χ3v) is 3.67. The van der Waals surface area contributed by atoms with Gasteiger partial charge in [0, 0.05) is 58.7 Å². The van der Waals surface area contributed by atoms with Crippen LogP contribution in [0.5, 0.6) is 0 Å². The van der Waals surface area contributed by atoms with Crippen molar-refractivity contribution in [1.82, 2.24) is 25.2 Å². The first-order valence-electron chi connectivity index (χ1n) is 7.05. The highest BCUT2D eigenvalue weighted by molar-refractivity contribution is 5.71. The van der Waals surface area contributed by atoms with Gasteiger partial charge in [-0.2, -0.15) is 0 Å². The summed E-state index contributed by atoms with van der Waals surface area (Å²) in [4.78, 5) is 17.7. The zero-order chi connectivity index (χ0) is 13.8. The van der Waals surface area contributed by atoms with E-state index < -0.39 is 0 Å².